The molecule has 1 N–H and O–H groups in total. The van der Waals surface area contributed by atoms with Crippen LogP contribution in [0.25, 0.3) is 11.1 Å². The molecule has 1 amide bonds. The number of benzene rings is 2. The highest BCUT2D eigenvalue weighted by Gasteiger charge is 2.35. The zero-order valence-electron chi connectivity index (χ0n) is 16.9. The number of nitrogens with zero attached hydrogens (tertiary/aromatic N) is 3. The van der Waals surface area contributed by atoms with Gasteiger partial charge in [0.25, 0.3) is 5.91 Å². The maximum atomic E-state index is 13.2. The van der Waals surface area contributed by atoms with Crippen molar-refractivity contribution in [3.05, 3.63) is 71.5 Å². The minimum atomic E-state index is -0.218. The highest BCUT2D eigenvalue weighted by molar-refractivity contribution is 6.19. The van der Waals surface area contributed by atoms with Crippen LogP contribution < -0.4 is 5.32 Å². The lowest BCUT2D eigenvalue weighted by molar-refractivity contribution is 0.102. The van der Waals surface area contributed by atoms with Crippen LogP contribution >= 0.6 is 0 Å². The maximum Gasteiger partial charge on any atom is 0.260 e. The lowest BCUT2D eigenvalue weighted by atomic mass is 10.0. The molecule has 0 radical (unpaired) electrons. The van der Waals surface area contributed by atoms with E-state index in [0.717, 1.165) is 35.6 Å². The van der Waals surface area contributed by atoms with E-state index in [4.69, 9.17) is 9.41 Å². The van der Waals surface area contributed by atoms with Gasteiger partial charge < -0.3 is 14.6 Å². The lowest BCUT2D eigenvalue weighted by Gasteiger charge is -2.18. The molecule has 5 rings (SSSR count). The molecule has 30 heavy (non-hydrogen) atoms. The fourth-order valence-corrected chi connectivity index (χ4v) is 3.93. The molecule has 150 valence electrons. The number of hydrogen-bond donors (Lipinski definition) is 1. The number of furan rings is 1. The van der Waals surface area contributed by atoms with E-state index < -0.39 is 0 Å². The number of amidine groups is 1. The van der Waals surface area contributed by atoms with Crippen molar-refractivity contribution in [2.24, 2.45) is 9.98 Å². The highest BCUT2D eigenvalue weighted by Crippen LogP contribution is 2.36. The van der Waals surface area contributed by atoms with E-state index in [1.165, 1.54) is 0 Å². The third-order valence-electron chi connectivity index (χ3n) is 5.54. The SMILES string of the molecule is CCC1CN2C=Nc3oc(C)c(C(=O)Nc4ccc(-c5ccccc5)cc4)c3C2=N1. The van der Waals surface area contributed by atoms with E-state index in [2.05, 4.69) is 29.4 Å². The Morgan fingerprint density at radius 3 is 2.60 bits per heavy atom. The fourth-order valence-electron chi connectivity index (χ4n) is 3.93. The van der Waals surface area contributed by atoms with Crippen LogP contribution in [-0.4, -0.2) is 35.6 Å². The van der Waals surface area contributed by atoms with Crippen molar-refractivity contribution < 1.29 is 9.21 Å². The Morgan fingerprint density at radius 1 is 1.13 bits per heavy atom. The predicted octanol–water partition coefficient (Wildman–Crippen LogP) is 5.02. The Kier molecular flexibility index (Phi) is 4.47. The summed E-state index contributed by atoms with van der Waals surface area (Å²) in [6.07, 6.45) is 2.68. The van der Waals surface area contributed by atoms with Gasteiger partial charge in [-0.3, -0.25) is 9.79 Å². The van der Waals surface area contributed by atoms with Crippen LogP contribution in [0.2, 0.25) is 0 Å². The summed E-state index contributed by atoms with van der Waals surface area (Å²) in [6.45, 7) is 4.68. The van der Waals surface area contributed by atoms with Crippen molar-refractivity contribution in [1.29, 1.82) is 0 Å². The predicted molar refractivity (Wildman–Crippen MR) is 119 cm³/mol. The monoisotopic (exact) mass is 398 g/mol. The van der Waals surface area contributed by atoms with Crippen LogP contribution in [0.4, 0.5) is 11.6 Å². The third-order valence-corrected chi connectivity index (χ3v) is 5.54. The lowest BCUT2D eigenvalue weighted by Crippen LogP contribution is -2.31. The molecule has 3 heterocycles. The summed E-state index contributed by atoms with van der Waals surface area (Å²) in [6, 6.07) is 18.2. The van der Waals surface area contributed by atoms with Gasteiger partial charge in [0.2, 0.25) is 5.88 Å². The van der Waals surface area contributed by atoms with Crippen LogP contribution in [0.15, 0.2) is 69.0 Å². The van der Waals surface area contributed by atoms with Crippen molar-refractivity contribution in [2.45, 2.75) is 26.3 Å². The molecule has 1 aromatic heterocycles. The standard InChI is InChI=1S/C24H22N4O2/c1-3-18-13-28-14-25-24-21(22(28)26-18)20(15(2)30-24)23(29)27-19-11-9-17(10-12-19)16-7-5-4-6-8-16/h4-12,14,18H,3,13H2,1-2H3,(H,27,29). The van der Waals surface area contributed by atoms with Crippen molar-refractivity contribution in [3.8, 4) is 11.1 Å². The van der Waals surface area contributed by atoms with E-state index in [1.54, 1.807) is 13.3 Å². The molecule has 1 unspecified atom stereocenters. The largest absolute Gasteiger partial charge is 0.442 e. The second-order valence-corrected chi connectivity index (χ2v) is 7.52. The van der Waals surface area contributed by atoms with Gasteiger partial charge in [0.15, 0.2) is 0 Å². The van der Waals surface area contributed by atoms with Crippen LogP contribution in [0, 0.1) is 6.92 Å². The number of carbonyl (C=O) groups excluding carboxylic acids is 1. The van der Waals surface area contributed by atoms with Gasteiger partial charge in [0, 0.05) is 12.2 Å². The number of nitrogens with one attached hydrogen (secondary N) is 1. The molecule has 0 saturated carbocycles. The van der Waals surface area contributed by atoms with Gasteiger partial charge in [-0.1, -0.05) is 49.4 Å². The molecule has 0 saturated heterocycles. The maximum absolute atomic E-state index is 13.2. The summed E-state index contributed by atoms with van der Waals surface area (Å²) in [5.74, 6) is 1.54. The van der Waals surface area contributed by atoms with Gasteiger partial charge >= 0.3 is 0 Å². The van der Waals surface area contributed by atoms with E-state index in [9.17, 15) is 4.79 Å². The molecule has 3 aromatic rings. The smallest absolute Gasteiger partial charge is 0.260 e. The molecule has 2 aliphatic heterocycles. The van der Waals surface area contributed by atoms with Gasteiger partial charge in [-0.15, -0.1) is 0 Å². The summed E-state index contributed by atoms with van der Waals surface area (Å²) in [5.41, 5.74) is 4.14. The normalized spacial score (nSPS) is 16.8. The number of amides is 1. The summed E-state index contributed by atoms with van der Waals surface area (Å²) >= 11 is 0. The van der Waals surface area contributed by atoms with E-state index >= 15 is 0 Å². The van der Waals surface area contributed by atoms with Gasteiger partial charge in [-0.25, -0.2) is 4.99 Å². The van der Waals surface area contributed by atoms with Crippen LogP contribution in [-0.2, 0) is 0 Å². The van der Waals surface area contributed by atoms with Crippen LogP contribution in [0.5, 0.6) is 0 Å². The van der Waals surface area contributed by atoms with E-state index in [-0.39, 0.29) is 11.9 Å². The summed E-state index contributed by atoms with van der Waals surface area (Å²) < 4.78 is 5.78. The summed E-state index contributed by atoms with van der Waals surface area (Å²) in [4.78, 5) is 24.3. The van der Waals surface area contributed by atoms with Crippen molar-refractivity contribution in [1.82, 2.24) is 4.90 Å². The molecule has 0 fully saturated rings. The number of carbonyl (C=O) groups is 1. The minimum absolute atomic E-state index is 0.203. The first-order valence-electron chi connectivity index (χ1n) is 10.1. The number of aliphatic imine (C=N–C) groups is 2. The van der Waals surface area contributed by atoms with E-state index in [1.807, 2.05) is 47.4 Å². The van der Waals surface area contributed by atoms with Crippen LogP contribution in [0.3, 0.4) is 0 Å². The average molecular weight is 398 g/mol. The molecule has 6 nitrogen and oxygen atoms in total. The second-order valence-electron chi connectivity index (χ2n) is 7.52. The van der Waals surface area contributed by atoms with Crippen molar-refractivity contribution >= 4 is 29.7 Å². The summed E-state index contributed by atoms with van der Waals surface area (Å²) in [7, 11) is 0. The quantitative estimate of drug-likeness (QED) is 0.671. The molecular weight excluding hydrogens is 376 g/mol. The van der Waals surface area contributed by atoms with Crippen LogP contribution in [0.1, 0.15) is 35.0 Å². The first-order valence-corrected chi connectivity index (χ1v) is 10.1. The zero-order valence-corrected chi connectivity index (χ0v) is 16.9. The molecule has 1 atom stereocenters. The first kappa shape index (κ1) is 18.4. The topological polar surface area (TPSA) is 70.2 Å². The Balaban J connectivity index is 1.43. The Labute approximate surface area is 175 Å². The van der Waals surface area contributed by atoms with E-state index in [0.29, 0.717) is 22.8 Å². The Bertz CT molecular complexity index is 1160. The highest BCUT2D eigenvalue weighted by atomic mass is 16.4. The van der Waals surface area contributed by atoms with Gasteiger partial charge in [0.1, 0.15) is 17.9 Å². The minimum Gasteiger partial charge on any atom is -0.442 e. The van der Waals surface area contributed by atoms with Gasteiger partial charge in [-0.05, 0) is 36.6 Å². The number of fused-ring (bicyclic) bond motifs is 3. The number of rotatable bonds is 4. The molecule has 0 spiro atoms. The number of aryl methyl sites for hydroxylation is 1. The zero-order chi connectivity index (χ0) is 20.7. The molecular formula is C24H22N4O2. The number of hydrogen-bond acceptors (Lipinski definition) is 5. The van der Waals surface area contributed by atoms with Gasteiger partial charge in [-0.2, -0.15) is 0 Å². The second kappa shape index (κ2) is 7.30. The summed E-state index contributed by atoms with van der Waals surface area (Å²) in [5, 5.41) is 2.99. The first-order chi connectivity index (χ1) is 14.6. The number of anilines is 1. The Hall–Kier alpha value is -3.67. The fraction of sp³-hybridized carbons (Fsp3) is 0.208. The van der Waals surface area contributed by atoms with Gasteiger partial charge in [0.05, 0.1) is 17.2 Å². The Morgan fingerprint density at radius 2 is 1.87 bits per heavy atom. The van der Waals surface area contributed by atoms with Crippen molar-refractivity contribution in [2.75, 3.05) is 11.9 Å². The molecule has 0 aliphatic carbocycles. The average Bonchev–Trinajstić information content (AvgIpc) is 3.34. The molecule has 6 heteroatoms. The van der Waals surface area contributed by atoms with Crippen molar-refractivity contribution in [3.63, 3.8) is 0 Å². The molecule has 2 aromatic carbocycles. The molecule has 0 bridgehead atoms. The molecule has 2 aliphatic rings. The third kappa shape index (κ3) is 3.10.